The molecule has 0 radical (unpaired) electrons. The lowest BCUT2D eigenvalue weighted by molar-refractivity contribution is 0.178. The molecule has 0 atom stereocenters. The van der Waals surface area contributed by atoms with Gasteiger partial charge in [0.15, 0.2) is 0 Å². The molecule has 11 heavy (non-hydrogen) atoms. The third kappa shape index (κ3) is 1.32. The van der Waals surface area contributed by atoms with E-state index in [0.29, 0.717) is 11.8 Å². The minimum Gasteiger partial charge on any atom is -0.409 e. The molecular formula is C8H16N2O. The molecule has 0 spiro atoms. The van der Waals surface area contributed by atoms with Gasteiger partial charge < -0.3 is 10.9 Å². The lowest BCUT2D eigenvalue weighted by atomic mass is 9.67. The van der Waals surface area contributed by atoms with E-state index in [2.05, 4.69) is 5.16 Å². The molecule has 3 heteroatoms. The maximum atomic E-state index is 8.50. The molecule has 1 aliphatic carbocycles. The van der Waals surface area contributed by atoms with Crippen LogP contribution in [0.25, 0.3) is 0 Å². The summed E-state index contributed by atoms with van der Waals surface area (Å²) in [5.41, 5.74) is 5.44. The Morgan fingerprint density at radius 3 is 2.36 bits per heavy atom. The zero-order valence-electron chi connectivity index (χ0n) is 7.17. The molecule has 1 fully saturated rings. The summed E-state index contributed by atoms with van der Waals surface area (Å²) in [4.78, 5) is 0. The zero-order chi connectivity index (χ0) is 8.48. The Bertz CT molecular complexity index is 171. The van der Waals surface area contributed by atoms with E-state index in [0.717, 1.165) is 0 Å². The normalized spacial score (nSPS) is 21.5. The molecule has 0 aromatic carbocycles. The predicted octanol–water partition coefficient (Wildman–Crippen LogP) is 1.56. The highest BCUT2D eigenvalue weighted by molar-refractivity contribution is 5.85. The van der Waals surface area contributed by atoms with Gasteiger partial charge in [0.25, 0.3) is 0 Å². The van der Waals surface area contributed by atoms with Gasteiger partial charge in [0.2, 0.25) is 0 Å². The number of amidine groups is 1. The van der Waals surface area contributed by atoms with Crippen molar-refractivity contribution in [3.63, 3.8) is 0 Å². The molecule has 64 valence electrons. The van der Waals surface area contributed by atoms with E-state index in [1.165, 1.54) is 19.3 Å². The number of nitrogens with two attached hydrogens (primary N) is 1. The maximum absolute atomic E-state index is 8.50. The van der Waals surface area contributed by atoms with Crippen molar-refractivity contribution >= 4 is 5.84 Å². The largest absolute Gasteiger partial charge is 0.409 e. The van der Waals surface area contributed by atoms with E-state index < -0.39 is 0 Å². The molecule has 0 bridgehead atoms. The lowest BCUT2D eigenvalue weighted by Gasteiger charge is -2.39. The third-order valence-corrected chi connectivity index (χ3v) is 2.89. The van der Waals surface area contributed by atoms with Crippen LogP contribution in [-0.2, 0) is 0 Å². The summed E-state index contributed by atoms with van der Waals surface area (Å²) in [7, 11) is 0. The first kappa shape index (κ1) is 8.37. The van der Waals surface area contributed by atoms with Crippen molar-refractivity contribution in [1.82, 2.24) is 0 Å². The van der Waals surface area contributed by atoms with Gasteiger partial charge >= 0.3 is 0 Å². The molecule has 0 aromatic rings. The van der Waals surface area contributed by atoms with Gasteiger partial charge in [-0.15, -0.1) is 0 Å². The minimum absolute atomic E-state index is 0.118. The Hall–Kier alpha value is -0.730. The van der Waals surface area contributed by atoms with Crippen LogP contribution >= 0.6 is 0 Å². The summed E-state index contributed by atoms with van der Waals surface area (Å²) in [5, 5.41) is 11.6. The minimum atomic E-state index is -0.118. The highest BCUT2D eigenvalue weighted by Crippen LogP contribution is 2.41. The van der Waals surface area contributed by atoms with Crippen molar-refractivity contribution < 1.29 is 5.21 Å². The maximum Gasteiger partial charge on any atom is 0.145 e. The summed E-state index contributed by atoms with van der Waals surface area (Å²) < 4.78 is 0. The van der Waals surface area contributed by atoms with E-state index in [9.17, 15) is 0 Å². The molecule has 0 amide bonds. The third-order valence-electron chi connectivity index (χ3n) is 2.89. The van der Waals surface area contributed by atoms with E-state index in [1.54, 1.807) is 0 Å². The highest BCUT2D eigenvalue weighted by Gasteiger charge is 2.37. The first-order valence-electron chi connectivity index (χ1n) is 4.07. The monoisotopic (exact) mass is 156 g/mol. The number of rotatable bonds is 2. The van der Waals surface area contributed by atoms with Gasteiger partial charge in [0.1, 0.15) is 5.84 Å². The molecular weight excluding hydrogens is 140 g/mol. The average molecular weight is 156 g/mol. The second-order valence-corrected chi connectivity index (χ2v) is 3.83. The molecule has 1 saturated carbocycles. The van der Waals surface area contributed by atoms with Gasteiger partial charge in [-0.25, -0.2) is 0 Å². The second-order valence-electron chi connectivity index (χ2n) is 3.83. The van der Waals surface area contributed by atoms with Crippen LogP contribution < -0.4 is 5.73 Å². The van der Waals surface area contributed by atoms with Crippen molar-refractivity contribution in [2.24, 2.45) is 22.2 Å². The molecule has 0 saturated heterocycles. The summed E-state index contributed by atoms with van der Waals surface area (Å²) in [6, 6.07) is 0. The van der Waals surface area contributed by atoms with Crippen molar-refractivity contribution in [1.29, 1.82) is 0 Å². The van der Waals surface area contributed by atoms with Crippen molar-refractivity contribution in [3.05, 3.63) is 0 Å². The van der Waals surface area contributed by atoms with Crippen LogP contribution in [0.15, 0.2) is 5.16 Å². The Labute approximate surface area is 67.3 Å². The quantitative estimate of drug-likeness (QED) is 0.276. The van der Waals surface area contributed by atoms with Crippen LogP contribution in [0.5, 0.6) is 0 Å². The van der Waals surface area contributed by atoms with Crippen LogP contribution in [0.3, 0.4) is 0 Å². The van der Waals surface area contributed by atoms with Crippen LogP contribution in [0.4, 0.5) is 0 Å². The Balaban J connectivity index is 2.64. The molecule has 0 aliphatic heterocycles. The molecule has 0 heterocycles. The molecule has 3 nitrogen and oxygen atoms in total. The smallest absolute Gasteiger partial charge is 0.145 e. The molecule has 1 aliphatic rings. The van der Waals surface area contributed by atoms with E-state index >= 15 is 0 Å². The molecule has 0 unspecified atom stereocenters. The van der Waals surface area contributed by atoms with Crippen molar-refractivity contribution in [2.75, 3.05) is 0 Å². The number of hydrogen-bond donors (Lipinski definition) is 2. The number of oxime groups is 1. The molecule has 3 N–H and O–H groups in total. The molecule has 0 aromatic heterocycles. The fourth-order valence-corrected chi connectivity index (χ4v) is 1.47. The zero-order valence-corrected chi connectivity index (χ0v) is 7.17. The van der Waals surface area contributed by atoms with Gasteiger partial charge in [-0.2, -0.15) is 0 Å². The van der Waals surface area contributed by atoms with Gasteiger partial charge in [-0.1, -0.05) is 25.4 Å². The summed E-state index contributed by atoms with van der Waals surface area (Å²) in [6.45, 7) is 4.07. The highest BCUT2D eigenvalue weighted by atomic mass is 16.4. The fraction of sp³-hybridized carbons (Fsp3) is 0.875. The van der Waals surface area contributed by atoms with Gasteiger partial charge in [-0.05, 0) is 18.8 Å². The van der Waals surface area contributed by atoms with Crippen molar-refractivity contribution in [3.8, 4) is 0 Å². The predicted molar refractivity (Wildman–Crippen MR) is 44.5 cm³/mol. The standard InChI is InChI=1S/C8H16N2O/c1-8(2,7(9)10-11)6-4-3-5-6/h6,11H,3-5H2,1-2H3,(H2,9,10). The lowest BCUT2D eigenvalue weighted by Crippen LogP contribution is -2.41. The van der Waals surface area contributed by atoms with Crippen molar-refractivity contribution in [2.45, 2.75) is 33.1 Å². The van der Waals surface area contributed by atoms with Crippen LogP contribution in [0.1, 0.15) is 33.1 Å². The topological polar surface area (TPSA) is 58.6 Å². The molecule has 1 rings (SSSR count). The van der Waals surface area contributed by atoms with E-state index in [-0.39, 0.29) is 5.41 Å². The summed E-state index contributed by atoms with van der Waals surface area (Å²) in [5.74, 6) is 0.973. The van der Waals surface area contributed by atoms with Crippen LogP contribution in [-0.4, -0.2) is 11.0 Å². The van der Waals surface area contributed by atoms with Gasteiger partial charge in [-0.3, -0.25) is 0 Å². The first-order chi connectivity index (χ1) is 5.09. The number of hydrogen-bond acceptors (Lipinski definition) is 2. The average Bonchev–Trinajstić information content (AvgIpc) is 1.81. The Kier molecular flexibility index (Phi) is 2.07. The van der Waals surface area contributed by atoms with Crippen LogP contribution in [0, 0.1) is 11.3 Å². The summed E-state index contributed by atoms with van der Waals surface area (Å²) in [6.07, 6.45) is 3.71. The second kappa shape index (κ2) is 2.72. The number of nitrogens with zero attached hydrogens (tertiary/aromatic N) is 1. The first-order valence-corrected chi connectivity index (χ1v) is 4.07. The Morgan fingerprint density at radius 2 is 2.09 bits per heavy atom. The Morgan fingerprint density at radius 1 is 1.55 bits per heavy atom. The SMILES string of the molecule is CC(C)(/C(N)=N/O)C1CCC1. The van der Waals surface area contributed by atoms with Crippen LogP contribution in [0.2, 0.25) is 0 Å². The fourth-order valence-electron chi connectivity index (χ4n) is 1.47. The van der Waals surface area contributed by atoms with E-state index in [4.69, 9.17) is 10.9 Å². The van der Waals surface area contributed by atoms with E-state index in [1.807, 2.05) is 13.8 Å². The van der Waals surface area contributed by atoms with Gasteiger partial charge in [0, 0.05) is 5.41 Å². The van der Waals surface area contributed by atoms with Gasteiger partial charge in [0.05, 0.1) is 0 Å². The summed E-state index contributed by atoms with van der Waals surface area (Å²) >= 11 is 0.